The summed E-state index contributed by atoms with van der Waals surface area (Å²) in [6.45, 7) is 9.04. The molecule has 154 valence electrons. The van der Waals surface area contributed by atoms with Crippen molar-refractivity contribution in [2.24, 2.45) is 4.99 Å². The second-order valence-electron chi connectivity index (χ2n) is 7.97. The Balaban J connectivity index is 1.61. The molecule has 0 radical (unpaired) electrons. The lowest BCUT2D eigenvalue weighted by Gasteiger charge is -2.19. The second kappa shape index (κ2) is 9.40. The maximum Gasteiger partial charge on any atom is 0.343 e. The van der Waals surface area contributed by atoms with Crippen LogP contribution in [0.2, 0.25) is 0 Å². The zero-order valence-corrected chi connectivity index (χ0v) is 17.9. The SMILES string of the molecule is CCOc1ccc(C=Nc2ccc(C(=O)Oc3ccc(C(C)(C)C)cc3)cc2)cc1. The van der Waals surface area contributed by atoms with Gasteiger partial charge in [0.15, 0.2) is 0 Å². The summed E-state index contributed by atoms with van der Waals surface area (Å²) in [7, 11) is 0. The van der Waals surface area contributed by atoms with E-state index < -0.39 is 0 Å². The predicted molar refractivity (Wildman–Crippen MR) is 121 cm³/mol. The highest BCUT2D eigenvalue weighted by Gasteiger charge is 2.14. The first kappa shape index (κ1) is 21.3. The number of carbonyl (C=O) groups is 1. The van der Waals surface area contributed by atoms with Crippen LogP contribution in [0.15, 0.2) is 77.8 Å². The molecule has 0 aromatic heterocycles. The predicted octanol–water partition coefficient (Wildman–Crippen LogP) is 6.35. The Hall–Kier alpha value is -3.40. The molecule has 0 aliphatic carbocycles. The van der Waals surface area contributed by atoms with Gasteiger partial charge in [0.2, 0.25) is 0 Å². The Morgan fingerprint density at radius 3 is 2.03 bits per heavy atom. The summed E-state index contributed by atoms with van der Waals surface area (Å²) in [4.78, 5) is 16.9. The average molecular weight is 402 g/mol. The summed E-state index contributed by atoms with van der Waals surface area (Å²) in [5.41, 5.74) is 3.46. The molecular weight excluding hydrogens is 374 g/mol. The minimum absolute atomic E-state index is 0.0597. The Bertz CT molecular complexity index is 996. The molecule has 0 saturated carbocycles. The van der Waals surface area contributed by atoms with E-state index in [9.17, 15) is 4.79 Å². The number of esters is 1. The fraction of sp³-hybridized carbons (Fsp3) is 0.231. The van der Waals surface area contributed by atoms with E-state index in [4.69, 9.17) is 9.47 Å². The first-order valence-electron chi connectivity index (χ1n) is 10.0. The Kier molecular flexibility index (Phi) is 6.68. The average Bonchev–Trinajstić information content (AvgIpc) is 2.73. The van der Waals surface area contributed by atoms with Crippen LogP contribution < -0.4 is 9.47 Å². The maximum atomic E-state index is 12.4. The molecule has 0 amide bonds. The molecule has 0 heterocycles. The third-order valence-corrected chi connectivity index (χ3v) is 4.59. The maximum absolute atomic E-state index is 12.4. The van der Waals surface area contributed by atoms with Crippen molar-refractivity contribution in [1.82, 2.24) is 0 Å². The summed E-state index contributed by atoms with van der Waals surface area (Å²) >= 11 is 0. The van der Waals surface area contributed by atoms with Gasteiger partial charge in [-0.15, -0.1) is 0 Å². The highest BCUT2D eigenvalue weighted by molar-refractivity contribution is 5.91. The van der Waals surface area contributed by atoms with Crippen LogP contribution in [0.4, 0.5) is 5.69 Å². The van der Waals surface area contributed by atoms with E-state index in [1.54, 1.807) is 30.5 Å². The molecule has 3 aromatic rings. The minimum Gasteiger partial charge on any atom is -0.494 e. The molecule has 0 aliphatic heterocycles. The molecule has 0 N–H and O–H groups in total. The Morgan fingerprint density at radius 2 is 1.47 bits per heavy atom. The standard InChI is InChI=1S/C26H27NO3/c1-5-29-23-14-6-19(7-15-23)18-27-22-12-8-20(9-13-22)25(28)30-24-16-10-21(11-17-24)26(2,3)4/h6-18H,5H2,1-4H3. The first-order chi connectivity index (χ1) is 14.3. The topological polar surface area (TPSA) is 47.9 Å². The van der Waals surface area contributed by atoms with E-state index in [-0.39, 0.29) is 11.4 Å². The van der Waals surface area contributed by atoms with E-state index in [0.717, 1.165) is 17.0 Å². The van der Waals surface area contributed by atoms with Gasteiger partial charge in [0, 0.05) is 6.21 Å². The Morgan fingerprint density at radius 1 is 0.867 bits per heavy atom. The van der Waals surface area contributed by atoms with Crippen molar-refractivity contribution in [2.45, 2.75) is 33.1 Å². The molecule has 0 unspecified atom stereocenters. The van der Waals surface area contributed by atoms with Crippen LogP contribution in [0.3, 0.4) is 0 Å². The summed E-state index contributed by atoms with van der Waals surface area (Å²) in [6.07, 6.45) is 1.78. The van der Waals surface area contributed by atoms with E-state index in [1.807, 2.05) is 55.5 Å². The highest BCUT2D eigenvalue weighted by Crippen LogP contribution is 2.25. The lowest BCUT2D eigenvalue weighted by Crippen LogP contribution is -2.11. The van der Waals surface area contributed by atoms with Crippen LogP contribution >= 0.6 is 0 Å². The monoisotopic (exact) mass is 401 g/mol. The van der Waals surface area contributed by atoms with Crippen molar-refractivity contribution >= 4 is 17.9 Å². The number of rotatable bonds is 6. The molecule has 0 spiro atoms. The number of hydrogen-bond donors (Lipinski definition) is 0. The molecule has 4 heteroatoms. The van der Waals surface area contributed by atoms with E-state index >= 15 is 0 Å². The van der Waals surface area contributed by atoms with Gasteiger partial charge >= 0.3 is 5.97 Å². The zero-order chi connectivity index (χ0) is 21.6. The third kappa shape index (κ3) is 5.80. The van der Waals surface area contributed by atoms with Gasteiger partial charge in [0.25, 0.3) is 0 Å². The van der Waals surface area contributed by atoms with Gasteiger partial charge < -0.3 is 9.47 Å². The van der Waals surface area contributed by atoms with Crippen LogP contribution in [0, 0.1) is 0 Å². The lowest BCUT2D eigenvalue weighted by molar-refractivity contribution is 0.0735. The number of hydrogen-bond acceptors (Lipinski definition) is 4. The summed E-state index contributed by atoms with van der Waals surface area (Å²) in [5.74, 6) is 0.983. The van der Waals surface area contributed by atoms with Gasteiger partial charge in [-0.1, -0.05) is 32.9 Å². The van der Waals surface area contributed by atoms with E-state index in [1.165, 1.54) is 5.56 Å². The van der Waals surface area contributed by atoms with Crippen LogP contribution in [0.5, 0.6) is 11.5 Å². The van der Waals surface area contributed by atoms with Crippen molar-refractivity contribution in [2.75, 3.05) is 6.61 Å². The van der Waals surface area contributed by atoms with Gasteiger partial charge in [-0.3, -0.25) is 4.99 Å². The first-order valence-corrected chi connectivity index (χ1v) is 10.0. The van der Waals surface area contributed by atoms with E-state index in [2.05, 4.69) is 25.8 Å². The molecule has 0 aliphatic rings. The molecule has 0 fully saturated rings. The Labute approximate surface area is 178 Å². The van der Waals surface area contributed by atoms with E-state index in [0.29, 0.717) is 17.9 Å². The van der Waals surface area contributed by atoms with Gasteiger partial charge in [0.1, 0.15) is 11.5 Å². The normalized spacial score (nSPS) is 11.5. The van der Waals surface area contributed by atoms with Crippen LogP contribution in [0.25, 0.3) is 0 Å². The molecular formula is C26H27NO3. The number of nitrogens with zero attached hydrogens (tertiary/aromatic N) is 1. The molecule has 4 nitrogen and oxygen atoms in total. The van der Waals surface area contributed by atoms with Gasteiger partial charge in [-0.2, -0.15) is 0 Å². The van der Waals surface area contributed by atoms with Gasteiger partial charge in [0.05, 0.1) is 17.9 Å². The molecule has 3 aromatic carbocycles. The van der Waals surface area contributed by atoms with Crippen LogP contribution in [-0.4, -0.2) is 18.8 Å². The number of carbonyl (C=O) groups excluding carboxylic acids is 1. The summed E-state index contributed by atoms with van der Waals surface area (Å²) in [5, 5.41) is 0. The largest absolute Gasteiger partial charge is 0.494 e. The number of aliphatic imine (C=N–C) groups is 1. The number of benzene rings is 3. The molecule has 0 bridgehead atoms. The van der Waals surface area contributed by atoms with Crippen molar-refractivity contribution < 1.29 is 14.3 Å². The summed E-state index contributed by atoms with van der Waals surface area (Å²) < 4.78 is 10.9. The van der Waals surface area contributed by atoms with Gasteiger partial charge in [-0.05, 0) is 84.1 Å². The second-order valence-corrected chi connectivity index (χ2v) is 7.97. The van der Waals surface area contributed by atoms with Gasteiger partial charge in [-0.25, -0.2) is 4.79 Å². The zero-order valence-electron chi connectivity index (χ0n) is 17.9. The smallest absolute Gasteiger partial charge is 0.343 e. The molecule has 3 rings (SSSR count). The lowest BCUT2D eigenvalue weighted by atomic mass is 9.87. The van der Waals surface area contributed by atoms with Crippen molar-refractivity contribution in [3.05, 3.63) is 89.5 Å². The fourth-order valence-electron chi connectivity index (χ4n) is 2.84. The van der Waals surface area contributed by atoms with Crippen LogP contribution in [0.1, 0.15) is 49.2 Å². The quantitative estimate of drug-likeness (QED) is 0.275. The molecule has 0 atom stereocenters. The fourth-order valence-corrected chi connectivity index (χ4v) is 2.84. The minimum atomic E-state index is -0.388. The van der Waals surface area contributed by atoms with Crippen molar-refractivity contribution in [3.8, 4) is 11.5 Å². The molecule has 0 saturated heterocycles. The third-order valence-electron chi connectivity index (χ3n) is 4.59. The van der Waals surface area contributed by atoms with Crippen molar-refractivity contribution in [3.63, 3.8) is 0 Å². The van der Waals surface area contributed by atoms with Crippen molar-refractivity contribution in [1.29, 1.82) is 0 Å². The molecule has 30 heavy (non-hydrogen) atoms. The summed E-state index contributed by atoms with van der Waals surface area (Å²) in [6, 6.07) is 22.4. The number of ether oxygens (including phenoxy) is 2. The highest BCUT2D eigenvalue weighted by atomic mass is 16.5. The van der Waals surface area contributed by atoms with Crippen LogP contribution in [-0.2, 0) is 5.41 Å².